The second-order valence-corrected chi connectivity index (χ2v) is 3.10. The second kappa shape index (κ2) is 4.97. The summed E-state index contributed by atoms with van der Waals surface area (Å²) in [4.78, 5) is 0. The van der Waals surface area contributed by atoms with Crippen molar-refractivity contribution in [2.75, 3.05) is 6.61 Å². The van der Waals surface area contributed by atoms with E-state index in [0.717, 1.165) is 5.56 Å². The maximum Gasteiger partial charge on any atom is 0.0924 e. The lowest BCUT2D eigenvalue weighted by atomic mass is 10.0. The standard InChI is InChI=1S/C10H15NO2/c11-9(10(13)7-12)6-8-4-2-1-3-5-8/h1-5,9-10,12-13H,6-7,11H2/t9-,10+/m1/s1. The number of nitrogens with two attached hydrogens (primary N) is 1. The summed E-state index contributed by atoms with van der Waals surface area (Å²) in [6.07, 6.45) is -0.247. The van der Waals surface area contributed by atoms with Crippen molar-refractivity contribution in [2.24, 2.45) is 5.73 Å². The van der Waals surface area contributed by atoms with Gasteiger partial charge < -0.3 is 15.9 Å². The molecule has 0 spiro atoms. The Bertz CT molecular complexity index is 238. The lowest BCUT2D eigenvalue weighted by molar-refractivity contribution is 0.0742. The zero-order valence-electron chi connectivity index (χ0n) is 7.43. The molecular formula is C10H15NO2. The molecule has 0 fully saturated rings. The summed E-state index contributed by atoms with van der Waals surface area (Å²) in [7, 11) is 0. The van der Waals surface area contributed by atoms with Gasteiger partial charge in [-0.3, -0.25) is 0 Å². The van der Waals surface area contributed by atoms with E-state index in [1.807, 2.05) is 30.3 Å². The molecule has 72 valence electrons. The molecule has 0 unspecified atom stereocenters. The first-order chi connectivity index (χ1) is 6.24. The van der Waals surface area contributed by atoms with Crippen molar-refractivity contribution < 1.29 is 10.2 Å². The Morgan fingerprint density at radius 1 is 1.23 bits per heavy atom. The van der Waals surface area contributed by atoms with E-state index < -0.39 is 12.1 Å². The van der Waals surface area contributed by atoms with Crippen molar-refractivity contribution in [3.63, 3.8) is 0 Å². The van der Waals surface area contributed by atoms with Gasteiger partial charge >= 0.3 is 0 Å². The van der Waals surface area contributed by atoms with E-state index in [1.54, 1.807) is 0 Å². The van der Waals surface area contributed by atoms with Crippen LogP contribution in [0.25, 0.3) is 0 Å². The van der Waals surface area contributed by atoms with Gasteiger partial charge in [0.2, 0.25) is 0 Å². The van der Waals surface area contributed by atoms with Crippen LogP contribution in [0.1, 0.15) is 5.56 Å². The number of benzene rings is 1. The average molecular weight is 181 g/mol. The SMILES string of the molecule is N[C@H](Cc1ccccc1)[C@@H](O)CO. The van der Waals surface area contributed by atoms with Crippen LogP contribution in [-0.4, -0.2) is 29.0 Å². The van der Waals surface area contributed by atoms with Crippen molar-refractivity contribution in [3.05, 3.63) is 35.9 Å². The Hall–Kier alpha value is -0.900. The van der Waals surface area contributed by atoms with Crippen molar-refractivity contribution in [1.29, 1.82) is 0 Å². The molecule has 3 heteroatoms. The van der Waals surface area contributed by atoms with E-state index >= 15 is 0 Å². The normalized spacial score (nSPS) is 15.3. The van der Waals surface area contributed by atoms with Gasteiger partial charge in [-0.25, -0.2) is 0 Å². The summed E-state index contributed by atoms with van der Waals surface area (Å²) in [6, 6.07) is 9.28. The first kappa shape index (κ1) is 10.2. The molecule has 0 aliphatic heterocycles. The van der Waals surface area contributed by atoms with Crippen molar-refractivity contribution >= 4 is 0 Å². The Balaban J connectivity index is 2.50. The quantitative estimate of drug-likeness (QED) is 0.608. The fraction of sp³-hybridized carbons (Fsp3) is 0.400. The van der Waals surface area contributed by atoms with E-state index in [-0.39, 0.29) is 6.61 Å². The summed E-state index contributed by atoms with van der Waals surface area (Å²) >= 11 is 0. The number of hydrogen-bond donors (Lipinski definition) is 3. The van der Waals surface area contributed by atoms with Gasteiger partial charge in [0, 0.05) is 6.04 Å². The summed E-state index contributed by atoms with van der Waals surface area (Å²) < 4.78 is 0. The predicted molar refractivity (Wildman–Crippen MR) is 51.2 cm³/mol. The highest BCUT2D eigenvalue weighted by Gasteiger charge is 2.13. The largest absolute Gasteiger partial charge is 0.394 e. The Morgan fingerprint density at radius 3 is 2.38 bits per heavy atom. The molecule has 0 bridgehead atoms. The van der Waals surface area contributed by atoms with Gasteiger partial charge in [-0.05, 0) is 12.0 Å². The van der Waals surface area contributed by atoms with E-state index in [2.05, 4.69) is 0 Å². The molecule has 0 aromatic heterocycles. The van der Waals surface area contributed by atoms with Gasteiger partial charge in [0.1, 0.15) is 0 Å². The molecular weight excluding hydrogens is 166 g/mol. The minimum absolute atomic E-state index is 0.284. The van der Waals surface area contributed by atoms with E-state index in [9.17, 15) is 5.11 Å². The monoisotopic (exact) mass is 181 g/mol. The zero-order chi connectivity index (χ0) is 9.68. The Labute approximate surface area is 77.8 Å². The molecule has 2 atom stereocenters. The van der Waals surface area contributed by atoms with E-state index in [0.29, 0.717) is 6.42 Å². The molecule has 0 radical (unpaired) electrons. The van der Waals surface area contributed by atoms with Gasteiger partial charge in [-0.2, -0.15) is 0 Å². The summed E-state index contributed by atoms with van der Waals surface area (Å²) in [6.45, 7) is -0.284. The third kappa shape index (κ3) is 3.14. The van der Waals surface area contributed by atoms with Crippen LogP contribution in [0.15, 0.2) is 30.3 Å². The highest BCUT2D eigenvalue weighted by molar-refractivity contribution is 5.16. The minimum Gasteiger partial charge on any atom is -0.394 e. The van der Waals surface area contributed by atoms with Crippen molar-refractivity contribution in [2.45, 2.75) is 18.6 Å². The molecule has 1 aromatic rings. The average Bonchev–Trinajstić information content (AvgIpc) is 2.18. The van der Waals surface area contributed by atoms with Crippen LogP contribution in [0.5, 0.6) is 0 Å². The Kier molecular flexibility index (Phi) is 3.89. The fourth-order valence-corrected chi connectivity index (χ4v) is 1.16. The van der Waals surface area contributed by atoms with E-state index in [1.165, 1.54) is 0 Å². The molecule has 0 heterocycles. The lowest BCUT2D eigenvalue weighted by Crippen LogP contribution is -2.38. The highest BCUT2D eigenvalue weighted by atomic mass is 16.3. The van der Waals surface area contributed by atoms with Gasteiger partial charge in [0.05, 0.1) is 12.7 Å². The number of aliphatic hydroxyl groups excluding tert-OH is 2. The molecule has 0 saturated carbocycles. The first-order valence-electron chi connectivity index (χ1n) is 4.32. The maximum atomic E-state index is 9.21. The second-order valence-electron chi connectivity index (χ2n) is 3.10. The smallest absolute Gasteiger partial charge is 0.0924 e. The predicted octanol–water partition coefficient (Wildman–Crippen LogP) is -0.0904. The van der Waals surface area contributed by atoms with Crippen LogP contribution in [0, 0.1) is 0 Å². The molecule has 13 heavy (non-hydrogen) atoms. The van der Waals surface area contributed by atoms with Crippen molar-refractivity contribution in [1.82, 2.24) is 0 Å². The fourth-order valence-electron chi connectivity index (χ4n) is 1.16. The molecule has 0 aliphatic rings. The first-order valence-corrected chi connectivity index (χ1v) is 4.32. The summed E-state index contributed by atoms with van der Waals surface area (Å²) in [5.41, 5.74) is 6.72. The van der Waals surface area contributed by atoms with Crippen LogP contribution in [0.4, 0.5) is 0 Å². The van der Waals surface area contributed by atoms with Gasteiger partial charge in [-0.1, -0.05) is 30.3 Å². The van der Waals surface area contributed by atoms with Gasteiger partial charge in [-0.15, -0.1) is 0 Å². The van der Waals surface area contributed by atoms with Crippen LogP contribution in [-0.2, 0) is 6.42 Å². The van der Waals surface area contributed by atoms with Crippen LogP contribution < -0.4 is 5.73 Å². The Morgan fingerprint density at radius 2 is 1.85 bits per heavy atom. The van der Waals surface area contributed by atoms with Crippen LogP contribution in [0.2, 0.25) is 0 Å². The van der Waals surface area contributed by atoms with Crippen molar-refractivity contribution in [3.8, 4) is 0 Å². The summed E-state index contributed by atoms with van der Waals surface area (Å²) in [5, 5.41) is 17.9. The zero-order valence-corrected chi connectivity index (χ0v) is 7.43. The number of rotatable bonds is 4. The maximum absolute atomic E-state index is 9.21. The molecule has 1 aromatic carbocycles. The van der Waals surface area contributed by atoms with Gasteiger partial charge in [0.15, 0.2) is 0 Å². The topological polar surface area (TPSA) is 66.5 Å². The molecule has 0 saturated heterocycles. The van der Waals surface area contributed by atoms with Gasteiger partial charge in [0.25, 0.3) is 0 Å². The molecule has 1 rings (SSSR count). The minimum atomic E-state index is -0.833. The van der Waals surface area contributed by atoms with Crippen LogP contribution in [0.3, 0.4) is 0 Å². The third-order valence-electron chi connectivity index (χ3n) is 2.00. The third-order valence-corrected chi connectivity index (χ3v) is 2.00. The molecule has 0 aliphatic carbocycles. The summed E-state index contributed by atoms with van der Waals surface area (Å²) in [5.74, 6) is 0. The molecule has 0 amide bonds. The molecule has 3 nitrogen and oxygen atoms in total. The van der Waals surface area contributed by atoms with Crippen LogP contribution >= 0.6 is 0 Å². The number of aliphatic hydroxyl groups is 2. The van der Waals surface area contributed by atoms with E-state index in [4.69, 9.17) is 10.8 Å². The number of hydrogen-bond acceptors (Lipinski definition) is 3. The molecule has 4 N–H and O–H groups in total. The lowest BCUT2D eigenvalue weighted by Gasteiger charge is -2.16. The highest BCUT2D eigenvalue weighted by Crippen LogP contribution is 2.03.